The van der Waals surface area contributed by atoms with Gasteiger partial charge in [0.15, 0.2) is 0 Å². The van der Waals surface area contributed by atoms with E-state index in [0.717, 1.165) is 7.11 Å². The molecule has 0 spiro atoms. The molecule has 0 radical (unpaired) electrons. The first-order valence-electron chi connectivity index (χ1n) is 1.56. The van der Waals surface area contributed by atoms with Crippen molar-refractivity contribution in [2.45, 2.75) is 6.36 Å². The molecule has 0 fully saturated rings. The molecule has 0 N–H and O–H groups in total. The third kappa shape index (κ3) is 5.14. The van der Waals surface area contributed by atoms with Crippen LogP contribution in [0.4, 0.5) is 4.39 Å². The van der Waals surface area contributed by atoms with Gasteiger partial charge in [0.2, 0.25) is 6.36 Å². The van der Waals surface area contributed by atoms with Crippen molar-refractivity contribution in [3.8, 4) is 0 Å². The number of aliphatic carboxylic acids is 1. The molecule has 0 aromatic rings. The van der Waals surface area contributed by atoms with E-state index < -0.39 is 12.3 Å². The van der Waals surface area contributed by atoms with E-state index in [1.807, 2.05) is 0 Å². The van der Waals surface area contributed by atoms with Gasteiger partial charge < -0.3 is 14.6 Å². The number of hydrogen-bond acceptors (Lipinski definition) is 3. The van der Waals surface area contributed by atoms with Crippen molar-refractivity contribution in [3.63, 3.8) is 0 Å². The SMILES string of the molecule is COC(F)C(=O)[O-].[K+]. The van der Waals surface area contributed by atoms with Gasteiger partial charge in [-0.25, -0.2) is 4.39 Å². The molecule has 42 valence electrons. The molecule has 0 saturated heterocycles. The molecule has 0 aliphatic rings. The van der Waals surface area contributed by atoms with Crippen molar-refractivity contribution in [1.82, 2.24) is 0 Å². The first kappa shape index (κ1) is 11.8. The standard InChI is InChI=1S/C3H5FO3.K/c1-7-2(4)3(5)6;/h2H,1H3,(H,5,6);/q;+1/p-1. The largest absolute Gasteiger partial charge is 1.00 e. The molecule has 0 heterocycles. The molecule has 0 amide bonds. The van der Waals surface area contributed by atoms with Crippen LogP contribution in [0.3, 0.4) is 0 Å². The Labute approximate surface area is 88.6 Å². The van der Waals surface area contributed by atoms with Crippen molar-refractivity contribution >= 4 is 5.97 Å². The van der Waals surface area contributed by atoms with Gasteiger partial charge in [-0.3, -0.25) is 0 Å². The fourth-order valence-electron chi connectivity index (χ4n) is 0.0962. The Morgan fingerprint density at radius 2 is 2.25 bits per heavy atom. The van der Waals surface area contributed by atoms with Gasteiger partial charge in [-0.05, 0) is 0 Å². The van der Waals surface area contributed by atoms with Crippen molar-refractivity contribution in [2.24, 2.45) is 0 Å². The van der Waals surface area contributed by atoms with E-state index >= 15 is 0 Å². The second kappa shape index (κ2) is 6.12. The number of carbonyl (C=O) groups is 1. The molecule has 3 nitrogen and oxygen atoms in total. The number of carbonyl (C=O) groups excluding carboxylic acids is 1. The number of ether oxygens (including phenoxy) is 1. The van der Waals surface area contributed by atoms with Gasteiger partial charge in [0.25, 0.3) is 0 Å². The van der Waals surface area contributed by atoms with Crippen LogP contribution in [0.5, 0.6) is 0 Å². The average Bonchev–Trinajstić information content (AvgIpc) is 1.65. The monoisotopic (exact) mass is 146 g/mol. The molecule has 0 aromatic carbocycles. The third-order valence-corrected chi connectivity index (χ3v) is 0.392. The number of halogens is 1. The summed E-state index contributed by atoms with van der Waals surface area (Å²) < 4.78 is 15.1. The van der Waals surface area contributed by atoms with Crippen LogP contribution >= 0.6 is 0 Å². The zero-order valence-electron chi connectivity index (χ0n) is 4.68. The van der Waals surface area contributed by atoms with E-state index in [1.54, 1.807) is 0 Å². The minimum Gasteiger partial charge on any atom is -0.544 e. The molecule has 0 saturated carbocycles. The number of hydrogen-bond donors (Lipinski definition) is 0. The molecule has 0 bridgehead atoms. The van der Waals surface area contributed by atoms with Gasteiger partial charge in [-0.1, -0.05) is 0 Å². The Kier molecular flexibility index (Phi) is 8.99. The van der Waals surface area contributed by atoms with Crippen LogP contribution in [0, 0.1) is 0 Å². The van der Waals surface area contributed by atoms with Gasteiger partial charge in [-0.2, -0.15) is 0 Å². The second-order valence-electron chi connectivity index (χ2n) is 0.871. The van der Waals surface area contributed by atoms with E-state index in [-0.39, 0.29) is 51.4 Å². The summed E-state index contributed by atoms with van der Waals surface area (Å²) in [6, 6.07) is 0. The number of rotatable bonds is 2. The third-order valence-electron chi connectivity index (χ3n) is 0.392. The van der Waals surface area contributed by atoms with Gasteiger partial charge in [0, 0.05) is 7.11 Å². The maximum absolute atomic E-state index is 11.4. The van der Waals surface area contributed by atoms with Crippen LogP contribution in [0.2, 0.25) is 0 Å². The fourth-order valence-corrected chi connectivity index (χ4v) is 0.0962. The summed E-state index contributed by atoms with van der Waals surface area (Å²) in [5.74, 6) is -1.84. The number of methoxy groups -OCH3 is 1. The first-order chi connectivity index (χ1) is 3.18. The summed E-state index contributed by atoms with van der Waals surface area (Å²) in [6.45, 7) is 0. The fraction of sp³-hybridized carbons (Fsp3) is 0.667. The number of alkyl halides is 1. The summed E-state index contributed by atoms with van der Waals surface area (Å²) >= 11 is 0. The van der Waals surface area contributed by atoms with Crippen LogP contribution in [0.15, 0.2) is 0 Å². The minimum atomic E-state index is -2.29. The van der Waals surface area contributed by atoms with Gasteiger partial charge >= 0.3 is 51.4 Å². The quantitative estimate of drug-likeness (QED) is 0.370. The Balaban J connectivity index is 0. The average molecular weight is 146 g/mol. The molecular weight excluding hydrogens is 142 g/mol. The summed E-state index contributed by atoms with van der Waals surface area (Å²) in [5, 5.41) is 9.32. The van der Waals surface area contributed by atoms with Crippen LogP contribution in [0.25, 0.3) is 0 Å². The zero-order valence-corrected chi connectivity index (χ0v) is 7.80. The normalized spacial score (nSPS) is 11.8. The van der Waals surface area contributed by atoms with Gasteiger partial charge in [-0.15, -0.1) is 0 Å². The summed E-state index contributed by atoms with van der Waals surface area (Å²) in [7, 11) is 0.945. The predicted octanol–water partition coefficient (Wildman–Crippen LogP) is -4.32. The van der Waals surface area contributed by atoms with E-state index in [9.17, 15) is 14.3 Å². The topological polar surface area (TPSA) is 49.4 Å². The van der Waals surface area contributed by atoms with E-state index in [0.29, 0.717) is 0 Å². The van der Waals surface area contributed by atoms with Crippen LogP contribution < -0.4 is 56.5 Å². The molecule has 1 atom stereocenters. The smallest absolute Gasteiger partial charge is 0.544 e. The summed E-state index contributed by atoms with van der Waals surface area (Å²) in [4.78, 5) is 9.32. The number of carboxylic acids is 1. The van der Waals surface area contributed by atoms with E-state index in [2.05, 4.69) is 4.74 Å². The molecular formula is C3H4FKO3. The Morgan fingerprint density at radius 1 is 1.88 bits per heavy atom. The van der Waals surface area contributed by atoms with Gasteiger partial charge in [0.05, 0.1) is 0 Å². The van der Waals surface area contributed by atoms with E-state index in [4.69, 9.17) is 0 Å². The second-order valence-corrected chi connectivity index (χ2v) is 0.871. The molecule has 0 aromatic heterocycles. The summed E-state index contributed by atoms with van der Waals surface area (Å²) in [5.41, 5.74) is 0. The Morgan fingerprint density at radius 3 is 2.25 bits per heavy atom. The maximum atomic E-state index is 11.4. The Bertz CT molecular complexity index is 76.9. The molecule has 8 heavy (non-hydrogen) atoms. The Hall–Kier alpha value is 0.996. The molecule has 0 aliphatic heterocycles. The van der Waals surface area contributed by atoms with Gasteiger partial charge in [0.1, 0.15) is 5.97 Å². The first-order valence-corrected chi connectivity index (χ1v) is 1.56. The predicted molar refractivity (Wildman–Crippen MR) is 16.9 cm³/mol. The zero-order chi connectivity index (χ0) is 5.86. The van der Waals surface area contributed by atoms with Crippen molar-refractivity contribution in [2.75, 3.05) is 7.11 Å². The molecule has 0 rings (SSSR count). The van der Waals surface area contributed by atoms with E-state index in [1.165, 1.54) is 0 Å². The molecule has 0 aliphatic carbocycles. The molecule has 5 heteroatoms. The van der Waals surface area contributed by atoms with Crippen molar-refractivity contribution < 1.29 is 70.4 Å². The molecule has 1 unspecified atom stereocenters. The van der Waals surface area contributed by atoms with Crippen LogP contribution in [-0.4, -0.2) is 19.4 Å². The number of carboxylic acid groups (broad SMARTS) is 1. The van der Waals surface area contributed by atoms with Crippen molar-refractivity contribution in [1.29, 1.82) is 0 Å². The van der Waals surface area contributed by atoms with Crippen molar-refractivity contribution in [3.05, 3.63) is 0 Å². The maximum Gasteiger partial charge on any atom is 1.00 e. The van der Waals surface area contributed by atoms with Crippen LogP contribution in [0.1, 0.15) is 0 Å². The minimum absolute atomic E-state index is 0. The van der Waals surface area contributed by atoms with Crippen LogP contribution in [-0.2, 0) is 9.53 Å². The summed E-state index contributed by atoms with van der Waals surface area (Å²) in [6.07, 6.45) is -2.29.